The second-order valence-corrected chi connectivity index (χ2v) is 3.94. The van der Waals surface area contributed by atoms with E-state index < -0.39 is 0 Å². The monoisotopic (exact) mass is 202 g/mol. The second kappa shape index (κ2) is 3.12. The van der Waals surface area contributed by atoms with Gasteiger partial charge < -0.3 is 10.1 Å². The molecule has 0 aliphatic heterocycles. The first-order valence-corrected chi connectivity index (χ1v) is 4.89. The molecular weight excluding hydrogens is 188 g/mol. The average Bonchev–Trinajstić information content (AvgIpc) is 2.41. The maximum atomic E-state index is 11.5. The minimum absolute atomic E-state index is 0.0655. The van der Waals surface area contributed by atoms with Crippen molar-refractivity contribution in [2.75, 3.05) is 5.73 Å². The summed E-state index contributed by atoms with van der Waals surface area (Å²) >= 11 is 0. The summed E-state index contributed by atoms with van der Waals surface area (Å²) in [5, 5.41) is 0. The molecule has 0 aliphatic rings. The summed E-state index contributed by atoms with van der Waals surface area (Å²) in [6.45, 7) is 5.48. The number of ketones is 1. The number of anilines is 1. The zero-order valence-electron chi connectivity index (χ0n) is 9.16. The number of nitrogen functional groups attached to an aromatic ring is 1. The highest BCUT2D eigenvalue weighted by molar-refractivity contribution is 5.95. The molecule has 0 fully saturated rings. The minimum atomic E-state index is 0.0655. The van der Waals surface area contributed by atoms with Gasteiger partial charge in [0.2, 0.25) is 0 Å². The maximum Gasteiger partial charge on any atom is 0.176 e. The zero-order valence-corrected chi connectivity index (χ0v) is 9.16. The molecule has 0 amide bonds. The molecule has 0 saturated carbocycles. The number of nitrogens with two attached hydrogens (primary N) is 1. The summed E-state index contributed by atoms with van der Waals surface area (Å²) in [4.78, 5) is 11.5. The summed E-state index contributed by atoms with van der Waals surface area (Å²) in [5.41, 5.74) is 10.3. The van der Waals surface area contributed by atoms with Crippen LogP contribution in [0.1, 0.15) is 28.5 Å². The first-order chi connectivity index (χ1) is 7.00. The van der Waals surface area contributed by atoms with Crippen molar-refractivity contribution in [2.24, 2.45) is 0 Å². The largest absolute Gasteiger partial charge is 0.397 e. The minimum Gasteiger partial charge on any atom is -0.397 e. The number of hydrogen-bond donors (Lipinski definition) is 1. The number of rotatable bonds is 1. The van der Waals surface area contributed by atoms with E-state index in [0.29, 0.717) is 5.69 Å². The van der Waals surface area contributed by atoms with Crippen molar-refractivity contribution < 1.29 is 4.79 Å². The number of hydrogen-bond acceptors (Lipinski definition) is 2. The first kappa shape index (κ1) is 9.77. The summed E-state index contributed by atoms with van der Waals surface area (Å²) in [5.74, 6) is 0.0655. The van der Waals surface area contributed by atoms with E-state index >= 15 is 0 Å². The molecular formula is C12H14N2O. The average molecular weight is 202 g/mol. The summed E-state index contributed by atoms with van der Waals surface area (Å²) in [6.07, 6.45) is 1.81. The third-order valence-electron chi connectivity index (χ3n) is 2.68. The molecule has 0 bridgehead atoms. The molecule has 0 saturated heterocycles. The Labute approximate surface area is 88.5 Å². The number of fused-ring (bicyclic) bond motifs is 1. The molecule has 78 valence electrons. The topological polar surface area (TPSA) is 47.5 Å². The molecule has 0 atom stereocenters. The highest BCUT2D eigenvalue weighted by Gasteiger charge is 2.11. The maximum absolute atomic E-state index is 11.5. The van der Waals surface area contributed by atoms with Crippen LogP contribution in [0, 0.1) is 13.8 Å². The SMILES string of the molecule is CC(=O)c1c(C)cc2cc(C)c(N)cn12. The highest BCUT2D eigenvalue weighted by Crippen LogP contribution is 2.21. The van der Waals surface area contributed by atoms with Crippen molar-refractivity contribution in [1.29, 1.82) is 0 Å². The van der Waals surface area contributed by atoms with Gasteiger partial charge in [0.15, 0.2) is 5.78 Å². The summed E-state index contributed by atoms with van der Waals surface area (Å²) in [6, 6.07) is 4.00. The predicted molar refractivity (Wildman–Crippen MR) is 61.3 cm³/mol. The van der Waals surface area contributed by atoms with E-state index in [9.17, 15) is 4.79 Å². The molecule has 3 heteroatoms. The third-order valence-corrected chi connectivity index (χ3v) is 2.68. The Kier molecular flexibility index (Phi) is 2.03. The highest BCUT2D eigenvalue weighted by atomic mass is 16.1. The molecule has 0 aromatic carbocycles. The second-order valence-electron chi connectivity index (χ2n) is 3.94. The molecule has 0 aliphatic carbocycles. The van der Waals surface area contributed by atoms with Crippen LogP contribution in [0.4, 0.5) is 5.69 Å². The van der Waals surface area contributed by atoms with Crippen molar-refractivity contribution in [1.82, 2.24) is 4.40 Å². The lowest BCUT2D eigenvalue weighted by Gasteiger charge is -2.04. The van der Waals surface area contributed by atoms with Gasteiger partial charge in [-0.25, -0.2) is 0 Å². The third kappa shape index (κ3) is 1.40. The Morgan fingerprint density at radius 3 is 2.47 bits per heavy atom. The Morgan fingerprint density at radius 1 is 1.27 bits per heavy atom. The smallest absolute Gasteiger partial charge is 0.176 e. The van der Waals surface area contributed by atoms with E-state index in [1.54, 1.807) is 6.92 Å². The van der Waals surface area contributed by atoms with Crippen LogP contribution in [0.15, 0.2) is 18.3 Å². The fourth-order valence-corrected chi connectivity index (χ4v) is 1.92. The number of pyridine rings is 1. The van der Waals surface area contributed by atoms with Gasteiger partial charge in [0.1, 0.15) is 0 Å². The van der Waals surface area contributed by atoms with Crippen LogP contribution in [0.3, 0.4) is 0 Å². The van der Waals surface area contributed by atoms with Crippen molar-refractivity contribution in [3.8, 4) is 0 Å². The van der Waals surface area contributed by atoms with E-state index in [1.807, 2.05) is 36.6 Å². The van der Waals surface area contributed by atoms with Crippen LogP contribution in [0.2, 0.25) is 0 Å². The number of Topliss-reactive ketones (excluding diaryl/α,β-unsaturated/α-hetero) is 1. The van der Waals surface area contributed by atoms with E-state index in [-0.39, 0.29) is 5.78 Å². The van der Waals surface area contributed by atoms with Gasteiger partial charge in [-0.1, -0.05) is 0 Å². The van der Waals surface area contributed by atoms with Crippen LogP contribution < -0.4 is 5.73 Å². The Morgan fingerprint density at radius 2 is 1.87 bits per heavy atom. The number of nitrogens with zero attached hydrogens (tertiary/aromatic N) is 1. The molecule has 0 unspecified atom stereocenters. The van der Waals surface area contributed by atoms with Gasteiger partial charge in [-0.2, -0.15) is 0 Å². The van der Waals surface area contributed by atoms with Gasteiger partial charge in [-0.3, -0.25) is 4.79 Å². The van der Waals surface area contributed by atoms with Crippen LogP contribution >= 0.6 is 0 Å². The molecule has 2 aromatic rings. The lowest BCUT2D eigenvalue weighted by molar-refractivity contribution is 0.101. The predicted octanol–water partition coefficient (Wildman–Crippen LogP) is 2.34. The molecule has 2 rings (SSSR count). The molecule has 0 radical (unpaired) electrons. The van der Waals surface area contributed by atoms with Crippen molar-refractivity contribution in [2.45, 2.75) is 20.8 Å². The Hall–Kier alpha value is -1.77. The number of aryl methyl sites for hydroxylation is 2. The molecule has 0 spiro atoms. The van der Waals surface area contributed by atoms with E-state index in [2.05, 4.69) is 0 Å². The quantitative estimate of drug-likeness (QED) is 0.721. The van der Waals surface area contributed by atoms with Crippen molar-refractivity contribution in [3.05, 3.63) is 35.2 Å². The molecule has 15 heavy (non-hydrogen) atoms. The molecule has 3 nitrogen and oxygen atoms in total. The van der Waals surface area contributed by atoms with E-state index in [4.69, 9.17) is 5.73 Å². The van der Waals surface area contributed by atoms with Crippen LogP contribution in [0.25, 0.3) is 5.52 Å². The van der Waals surface area contributed by atoms with E-state index in [0.717, 1.165) is 22.3 Å². The fourth-order valence-electron chi connectivity index (χ4n) is 1.92. The van der Waals surface area contributed by atoms with Gasteiger partial charge in [0.25, 0.3) is 0 Å². The number of carbonyl (C=O) groups excluding carboxylic acids is 1. The van der Waals surface area contributed by atoms with Crippen molar-refractivity contribution in [3.63, 3.8) is 0 Å². The lowest BCUT2D eigenvalue weighted by Crippen LogP contribution is -2.02. The molecule has 2 aromatic heterocycles. The lowest BCUT2D eigenvalue weighted by atomic mass is 10.2. The van der Waals surface area contributed by atoms with Gasteiger partial charge in [0.05, 0.1) is 11.4 Å². The first-order valence-electron chi connectivity index (χ1n) is 4.89. The Balaban J connectivity index is 2.87. The van der Waals surface area contributed by atoms with E-state index in [1.165, 1.54) is 0 Å². The number of carbonyl (C=O) groups is 1. The molecule has 2 heterocycles. The number of aromatic nitrogens is 1. The van der Waals surface area contributed by atoms with Crippen molar-refractivity contribution >= 4 is 17.0 Å². The van der Waals surface area contributed by atoms with Gasteiger partial charge in [-0.15, -0.1) is 0 Å². The standard InChI is InChI=1S/C12H14N2O/c1-7-4-10-5-8(2)12(9(3)15)14(10)6-11(7)13/h4-6H,13H2,1-3H3. The zero-order chi connectivity index (χ0) is 11.2. The van der Waals surface area contributed by atoms with Crippen LogP contribution in [-0.4, -0.2) is 10.2 Å². The Bertz CT molecular complexity index is 552. The fraction of sp³-hybridized carbons (Fsp3) is 0.250. The van der Waals surface area contributed by atoms with Gasteiger partial charge >= 0.3 is 0 Å². The van der Waals surface area contributed by atoms with Crippen LogP contribution in [0.5, 0.6) is 0 Å². The van der Waals surface area contributed by atoms with Gasteiger partial charge in [0, 0.05) is 18.6 Å². The summed E-state index contributed by atoms with van der Waals surface area (Å²) in [7, 11) is 0. The van der Waals surface area contributed by atoms with Crippen LogP contribution in [-0.2, 0) is 0 Å². The summed E-state index contributed by atoms with van der Waals surface area (Å²) < 4.78 is 1.86. The van der Waals surface area contributed by atoms with Gasteiger partial charge in [-0.05, 0) is 37.1 Å². The normalized spacial score (nSPS) is 10.9. The molecule has 2 N–H and O–H groups in total.